The van der Waals surface area contributed by atoms with Gasteiger partial charge in [0.2, 0.25) is 0 Å². The molecule has 1 fully saturated rings. The van der Waals surface area contributed by atoms with Gasteiger partial charge >= 0.3 is 0 Å². The van der Waals surface area contributed by atoms with Crippen LogP contribution >= 0.6 is 11.3 Å². The van der Waals surface area contributed by atoms with Gasteiger partial charge in [-0.15, -0.1) is 11.3 Å². The third-order valence-corrected chi connectivity index (χ3v) is 4.05. The number of nitrogens with two attached hydrogens (primary N) is 1. The van der Waals surface area contributed by atoms with Crippen molar-refractivity contribution in [3.63, 3.8) is 0 Å². The summed E-state index contributed by atoms with van der Waals surface area (Å²) in [6, 6.07) is 4.23. The van der Waals surface area contributed by atoms with E-state index >= 15 is 0 Å². The molecule has 1 aliphatic carbocycles. The molecule has 3 N–H and O–H groups in total. The van der Waals surface area contributed by atoms with E-state index in [9.17, 15) is 0 Å². The maximum Gasteiger partial charge on any atom is 0.0607 e. The molecule has 1 aromatic heterocycles. The summed E-state index contributed by atoms with van der Waals surface area (Å²) in [5, 5.41) is 5.66. The van der Waals surface area contributed by atoms with Crippen LogP contribution in [-0.4, -0.2) is 25.3 Å². The van der Waals surface area contributed by atoms with E-state index in [1.165, 1.54) is 4.88 Å². The molecule has 0 atom stereocenters. The Bertz CT molecular complexity index is 294. The van der Waals surface area contributed by atoms with Gasteiger partial charge in [0.25, 0.3) is 0 Å². The van der Waals surface area contributed by atoms with Gasteiger partial charge in [0.15, 0.2) is 0 Å². The van der Waals surface area contributed by atoms with Crippen LogP contribution in [0, 0.1) is 0 Å². The summed E-state index contributed by atoms with van der Waals surface area (Å²) in [6.45, 7) is 1.61. The molecule has 0 spiro atoms. The number of hydrogen-bond acceptors (Lipinski definition) is 4. The van der Waals surface area contributed by atoms with E-state index in [2.05, 4.69) is 22.8 Å². The molecule has 1 heterocycles. The van der Waals surface area contributed by atoms with Crippen molar-refractivity contribution in [2.24, 2.45) is 5.73 Å². The normalized spacial score (nSPS) is 30.1. The topological polar surface area (TPSA) is 47.3 Å². The number of methoxy groups -OCH3 is 1. The number of thiophene rings is 1. The number of rotatable bonds is 5. The van der Waals surface area contributed by atoms with Crippen molar-refractivity contribution >= 4 is 11.3 Å². The lowest BCUT2D eigenvalue weighted by Gasteiger charge is -2.47. The fourth-order valence-corrected chi connectivity index (χ4v) is 2.69. The Kier molecular flexibility index (Phi) is 3.41. The Balaban J connectivity index is 1.82. The molecular formula is C11H18N2OS. The van der Waals surface area contributed by atoms with Gasteiger partial charge < -0.3 is 15.8 Å². The molecule has 4 heteroatoms. The predicted molar refractivity (Wildman–Crippen MR) is 63.0 cm³/mol. The molecule has 0 radical (unpaired) electrons. The quantitative estimate of drug-likeness (QED) is 0.796. The van der Waals surface area contributed by atoms with Crippen molar-refractivity contribution in [2.45, 2.75) is 31.0 Å². The van der Waals surface area contributed by atoms with Gasteiger partial charge in [-0.2, -0.15) is 0 Å². The fraction of sp³-hybridized carbons (Fsp3) is 0.636. The second kappa shape index (κ2) is 4.61. The molecule has 0 bridgehead atoms. The third kappa shape index (κ3) is 2.39. The van der Waals surface area contributed by atoms with Crippen LogP contribution in [0.2, 0.25) is 0 Å². The largest absolute Gasteiger partial charge is 0.381 e. The minimum Gasteiger partial charge on any atom is -0.381 e. The average molecular weight is 226 g/mol. The third-order valence-electron chi connectivity index (χ3n) is 3.18. The van der Waals surface area contributed by atoms with E-state index in [-0.39, 0.29) is 5.54 Å². The first-order valence-corrected chi connectivity index (χ1v) is 6.16. The SMILES string of the molecule is COC1CC(CN)(NCc2cccs2)C1. The lowest BCUT2D eigenvalue weighted by Crippen LogP contribution is -2.61. The molecular weight excluding hydrogens is 208 g/mol. The van der Waals surface area contributed by atoms with Gasteiger partial charge in [-0.05, 0) is 24.3 Å². The highest BCUT2D eigenvalue weighted by atomic mass is 32.1. The van der Waals surface area contributed by atoms with Crippen LogP contribution in [0.15, 0.2) is 17.5 Å². The molecule has 0 unspecified atom stereocenters. The van der Waals surface area contributed by atoms with Gasteiger partial charge in [0, 0.05) is 30.6 Å². The predicted octanol–water partition coefficient (Wildman–Crippen LogP) is 1.34. The van der Waals surface area contributed by atoms with Crippen molar-refractivity contribution in [1.82, 2.24) is 5.32 Å². The maximum absolute atomic E-state index is 5.81. The molecule has 1 aliphatic rings. The van der Waals surface area contributed by atoms with Crippen LogP contribution in [0.1, 0.15) is 17.7 Å². The second-order valence-electron chi connectivity index (χ2n) is 4.18. The maximum atomic E-state index is 5.81. The van der Waals surface area contributed by atoms with E-state index in [0.717, 1.165) is 19.4 Å². The first-order valence-electron chi connectivity index (χ1n) is 5.28. The molecule has 0 amide bonds. The fourth-order valence-electron chi connectivity index (χ4n) is 2.05. The summed E-state index contributed by atoms with van der Waals surface area (Å²) in [4.78, 5) is 1.36. The minimum absolute atomic E-state index is 0.116. The zero-order valence-electron chi connectivity index (χ0n) is 9.03. The van der Waals surface area contributed by atoms with Gasteiger partial charge in [-0.25, -0.2) is 0 Å². The van der Waals surface area contributed by atoms with Crippen LogP contribution in [0.4, 0.5) is 0 Å². The number of ether oxygens (including phenoxy) is 1. The molecule has 1 aromatic rings. The van der Waals surface area contributed by atoms with Crippen LogP contribution in [0.25, 0.3) is 0 Å². The van der Waals surface area contributed by atoms with Crippen LogP contribution in [0.3, 0.4) is 0 Å². The van der Waals surface area contributed by atoms with Gasteiger partial charge in [0.1, 0.15) is 0 Å². The molecule has 0 aliphatic heterocycles. The molecule has 0 saturated heterocycles. The molecule has 0 aromatic carbocycles. The van der Waals surface area contributed by atoms with Crippen molar-refractivity contribution in [2.75, 3.05) is 13.7 Å². The Hall–Kier alpha value is -0.420. The van der Waals surface area contributed by atoms with E-state index in [0.29, 0.717) is 12.6 Å². The Labute approximate surface area is 94.6 Å². The summed E-state index contributed by atoms with van der Waals surface area (Å²) in [6.07, 6.45) is 2.46. The van der Waals surface area contributed by atoms with Gasteiger partial charge in [0.05, 0.1) is 6.10 Å². The monoisotopic (exact) mass is 226 g/mol. The average Bonchev–Trinajstić information content (AvgIpc) is 2.70. The summed E-state index contributed by atoms with van der Waals surface area (Å²) in [7, 11) is 1.77. The summed E-state index contributed by atoms with van der Waals surface area (Å²) in [5.41, 5.74) is 5.93. The van der Waals surface area contributed by atoms with E-state index in [1.54, 1.807) is 18.4 Å². The molecule has 2 rings (SSSR count). The lowest BCUT2D eigenvalue weighted by molar-refractivity contribution is -0.0271. The minimum atomic E-state index is 0.116. The van der Waals surface area contributed by atoms with E-state index in [4.69, 9.17) is 10.5 Å². The molecule has 1 saturated carbocycles. The Morgan fingerprint density at radius 1 is 1.67 bits per heavy atom. The van der Waals surface area contributed by atoms with Gasteiger partial charge in [-0.3, -0.25) is 0 Å². The van der Waals surface area contributed by atoms with Crippen molar-refractivity contribution < 1.29 is 4.74 Å². The summed E-state index contributed by atoms with van der Waals surface area (Å²) < 4.78 is 5.29. The highest BCUT2D eigenvalue weighted by Crippen LogP contribution is 2.33. The highest BCUT2D eigenvalue weighted by molar-refractivity contribution is 7.09. The van der Waals surface area contributed by atoms with Crippen molar-refractivity contribution in [1.29, 1.82) is 0 Å². The van der Waals surface area contributed by atoms with E-state index in [1.807, 2.05) is 0 Å². The van der Waals surface area contributed by atoms with Crippen LogP contribution < -0.4 is 11.1 Å². The number of nitrogens with one attached hydrogen (secondary N) is 1. The van der Waals surface area contributed by atoms with Crippen molar-refractivity contribution in [3.05, 3.63) is 22.4 Å². The Morgan fingerprint density at radius 2 is 2.47 bits per heavy atom. The second-order valence-corrected chi connectivity index (χ2v) is 5.22. The molecule has 3 nitrogen and oxygen atoms in total. The molecule has 84 valence electrons. The van der Waals surface area contributed by atoms with Crippen LogP contribution in [0.5, 0.6) is 0 Å². The zero-order valence-corrected chi connectivity index (χ0v) is 9.85. The summed E-state index contributed by atoms with van der Waals surface area (Å²) >= 11 is 1.78. The Morgan fingerprint density at radius 3 is 3.00 bits per heavy atom. The lowest BCUT2D eigenvalue weighted by atomic mass is 9.74. The molecule has 15 heavy (non-hydrogen) atoms. The summed E-state index contributed by atoms with van der Waals surface area (Å²) in [5.74, 6) is 0. The standard InChI is InChI=1S/C11H18N2OS/c1-14-9-5-11(6-9,8-12)13-7-10-3-2-4-15-10/h2-4,9,13H,5-8,12H2,1H3. The van der Waals surface area contributed by atoms with E-state index < -0.39 is 0 Å². The van der Waals surface area contributed by atoms with Crippen LogP contribution in [-0.2, 0) is 11.3 Å². The first-order chi connectivity index (χ1) is 7.28. The van der Waals surface area contributed by atoms with Crippen molar-refractivity contribution in [3.8, 4) is 0 Å². The highest BCUT2D eigenvalue weighted by Gasteiger charge is 2.42. The zero-order chi connectivity index (χ0) is 10.7. The number of hydrogen-bond donors (Lipinski definition) is 2. The smallest absolute Gasteiger partial charge is 0.0607 e. The first kappa shape index (κ1) is 11.1. The van der Waals surface area contributed by atoms with Gasteiger partial charge in [-0.1, -0.05) is 6.07 Å².